The molecule has 0 fully saturated rings. The molecule has 0 saturated carbocycles. The highest BCUT2D eigenvalue weighted by atomic mass is 32.3. The molecule has 0 aromatic rings. The van der Waals surface area contributed by atoms with E-state index < -0.39 is 30.1 Å². The van der Waals surface area contributed by atoms with E-state index >= 15 is 0 Å². The molecule has 0 rings (SSSR count). The van der Waals surface area contributed by atoms with Gasteiger partial charge >= 0.3 is 10.4 Å². The van der Waals surface area contributed by atoms with Gasteiger partial charge in [-0.3, -0.25) is 3.87 Å². The molecule has 0 radical (unpaired) electrons. The van der Waals surface area contributed by atoms with Gasteiger partial charge in [0.25, 0.3) is 0 Å². The largest absolute Gasteiger partial charge is 0.750 e. The molecule has 1 atom stereocenters. The average Bonchev–Trinajstić information content (AvgIpc) is 1.97. The molecule has 0 aliphatic rings. The first-order valence-electron chi connectivity index (χ1n) is 4.45. The van der Waals surface area contributed by atoms with Crippen LogP contribution in [0.3, 0.4) is 0 Å². The van der Waals surface area contributed by atoms with Gasteiger partial charge in [0.2, 0.25) is 8.32 Å². The Balaban J connectivity index is 3.80. The molecule has 0 spiro atoms. The van der Waals surface area contributed by atoms with Crippen LogP contribution in [-0.2, 0) is 34.0 Å². The Hall–Kier alpha value is 0.157. The second-order valence-corrected chi connectivity index (χ2v) is 10.4. The van der Waals surface area contributed by atoms with Gasteiger partial charge in [-0.2, -0.15) is 8.42 Å². The molecule has 0 saturated heterocycles. The van der Waals surface area contributed by atoms with Crippen LogP contribution in [0.2, 0.25) is 19.6 Å². The van der Waals surface area contributed by atoms with Crippen LogP contribution >= 0.6 is 0 Å². The summed E-state index contributed by atoms with van der Waals surface area (Å²) in [5, 5.41) is 0. The number of hydrogen-bond acceptors (Lipinski definition) is 7. The summed E-state index contributed by atoms with van der Waals surface area (Å²) in [6.45, 7) is 4.81. The molecular formula is C6H15O7S2Si-. The van der Waals surface area contributed by atoms with E-state index in [9.17, 15) is 17.2 Å². The normalized spacial score (nSPS) is 15.0. The summed E-state index contributed by atoms with van der Waals surface area (Å²) in [6, 6.07) is 0. The predicted octanol–water partition coefficient (Wildman–Crippen LogP) is 0.300. The Labute approximate surface area is 99.0 Å². The molecular weight excluding hydrogens is 276 g/mol. The van der Waals surface area contributed by atoms with E-state index in [2.05, 4.69) is 8.37 Å². The minimum absolute atomic E-state index is 0.126. The van der Waals surface area contributed by atoms with Crippen molar-refractivity contribution in [3.63, 3.8) is 0 Å². The van der Waals surface area contributed by atoms with Crippen LogP contribution in [0.25, 0.3) is 0 Å². The Morgan fingerprint density at radius 2 is 1.81 bits per heavy atom. The van der Waals surface area contributed by atoms with E-state index in [4.69, 9.17) is 3.87 Å². The molecule has 1 unspecified atom stereocenters. The molecule has 16 heavy (non-hydrogen) atoms. The maximum Gasteiger partial charge on any atom is 0.390 e. The lowest BCUT2D eigenvalue weighted by atomic mass is 10.5. The summed E-state index contributed by atoms with van der Waals surface area (Å²) in [5.41, 5.74) is 0. The lowest BCUT2D eigenvalue weighted by Gasteiger charge is -2.16. The summed E-state index contributed by atoms with van der Waals surface area (Å²) < 4.78 is 55.7. The van der Waals surface area contributed by atoms with Crippen molar-refractivity contribution in [1.82, 2.24) is 0 Å². The van der Waals surface area contributed by atoms with Gasteiger partial charge in [-0.25, -0.2) is 8.39 Å². The second-order valence-electron chi connectivity index (χ2n) is 3.81. The van der Waals surface area contributed by atoms with E-state index in [0.717, 1.165) is 0 Å². The Morgan fingerprint density at radius 3 is 2.25 bits per heavy atom. The maximum absolute atomic E-state index is 11.2. The first-order valence-corrected chi connectivity index (χ1v) is 10.2. The van der Waals surface area contributed by atoms with E-state index in [1.807, 2.05) is 0 Å². The Morgan fingerprint density at radius 1 is 1.25 bits per heavy atom. The smallest absolute Gasteiger partial charge is 0.390 e. The molecule has 10 heteroatoms. The van der Waals surface area contributed by atoms with Gasteiger partial charge in [0.05, 0.1) is 24.6 Å². The fourth-order valence-electron chi connectivity index (χ4n) is 0.677. The summed E-state index contributed by atoms with van der Waals surface area (Å²) in [4.78, 5) is 0. The summed E-state index contributed by atoms with van der Waals surface area (Å²) >= 11 is -2.59. The van der Waals surface area contributed by atoms with Crippen molar-refractivity contribution in [3.8, 4) is 0 Å². The van der Waals surface area contributed by atoms with E-state index in [1.54, 1.807) is 19.6 Å². The van der Waals surface area contributed by atoms with Crippen molar-refractivity contribution in [3.05, 3.63) is 0 Å². The van der Waals surface area contributed by atoms with Gasteiger partial charge in [0.1, 0.15) is 0 Å². The lowest BCUT2D eigenvalue weighted by Crippen LogP contribution is -2.30. The zero-order valence-electron chi connectivity index (χ0n) is 9.30. The minimum atomic E-state index is -3.99. The van der Waals surface area contributed by atoms with Gasteiger partial charge in [-0.1, -0.05) is 0 Å². The third kappa shape index (κ3) is 10.7. The standard InChI is InChI=1S/C6H16O7S2Si/c1-16(2,3)13-15(9,10)12-6-4-5-11-14(7)8/h4-6H2,1-3H3,(H,7,8)/p-1. The van der Waals surface area contributed by atoms with Crippen LogP contribution in [0.4, 0.5) is 0 Å². The molecule has 0 aliphatic heterocycles. The third-order valence-corrected chi connectivity index (χ3v) is 4.68. The quantitative estimate of drug-likeness (QED) is 0.360. The van der Waals surface area contributed by atoms with Crippen molar-refractivity contribution in [2.45, 2.75) is 26.1 Å². The molecule has 0 aromatic carbocycles. The zero-order chi connectivity index (χ0) is 12.8. The molecule has 0 aliphatic carbocycles. The van der Waals surface area contributed by atoms with Gasteiger partial charge in [-0.15, -0.1) is 0 Å². The summed E-state index contributed by atoms with van der Waals surface area (Å²) in [5.74, 6) is 0. The fraction of sp³-hybridized carbons (Fsp3) is 1.00. The molecule has 0 N–H and O–H groups in total. The summed E-state index contributed by atoms with van der Waals surface area (Å²) in [7, 11) is -6.21. The summed E-state index contributed by atoms with van der Waals surface area (Å²) in [6.07, 6.45) is 0.141. The van der Waals surface area contributed by atoms with Crippen LogP contribution in [0.5, 0.6) is 0 Å². The predicted molar refractivity (Wildman–Crippen MR) is 58.8 cm³/mol. The number of hydrogen-bond donors (Lipinski definition) is 0. The highest BCUT2D eigenvalue weighted by Crippen LogP contribution is 2.09. The van der Waals surface area contributed by atoms with Gasteiger partial charge in [0.15, 0.2) is 0 Å². The third-order valence-electron chi connectivity index (χ3n) is 1.05. The van der Waals surface area contributed by atoms with Crippen molar-refractivity contribution < 1.29 is 29.4 Å². The molecule has 98 valence electrons. The first-order chi connectivity index (χ1) is 7.12. The van der Waals surface area contributed by atoms with Crippen molar-refractivity contribution in [2.75, 3.05) is 13.2 Å². The van der Waals surface area contributed by atoms with E-state index in [-0.39, 0.29) is 19.6 Å². The molecule has 0 heterocycles. The molecule has 0 aromatic heterocycles. The van der Waals surface area contributed by atoms with Crippen LogP contribution in [0, 0.1) is 0 Å². The van der Waals surface area contributed by atoms with E-state index in [1.165, 1.54) is 0 Å². The monoisotopic (exact) mass is 291 g/mol. The lowest BCUT2D eigenvalue weighted by molar-refractivity contribution is 0.230. The topological polar surface area (TPSA) is 102 Å². The first kappa shape index (κ1) is 16.2. The van der Waals surface area contributed by atoms with Gasteiger partial charge in [0, 0.05) is 0 Å². The SMILES string of the molecule is C[Si](C)(C)OS(=O)(=O)OCCCOS(=O)[O-]. The molecule has 0 bridgehead atoms. The average molecular weight is 291 g/mol. The fourth-order valence-corrected chi connectivity index (χ4v) is 3.89. The molecule has 0 amide bonds. The minimum Gasteiger partial charge on any atom is -0.750 e. The zero-order valence-corrected chi connectivity index (χ0v) is 11.9. The van der Waals surface area contributed by atoms with Crippen molar-refractivity contribution in [1.29, 1.82) is 0 Å². The van der Waals surface area contributed by atoms with Crippen molar-refractivity contribution in [2.24, 2.45) is 0 Å². The van der Waals surface area contributed by atoms with E-state index in [0.29, 0.717) is 0 Å². The highest BCUT2D eigenvalue weighted by molar-refractivity contribution is 7.83. The Bertz CT molecular complexity index is 320. The van der Waals surface area contributed by atoms with Crippen LogP contribution in [0.1, 0.15) is 6.42 Å². The maximum atomic E-state index is 11.2. The van der Waals surface area contributed by atoms with Crippen LogP contribution in [-0.4, -0.2) is 38.7 Å². The second kappa shape index (κ2) is 6.79. The van der Waals surface area contributed by atoms with Gasteiger partial charge in [-0.05, 0) is 26.1 Å². The van der Waals surface area contributed by atoms with Crippen molar-refractivity contribution >= 4 is 30.1 Å². The molecule has 7 nitrogen and oxygen atoms in total. The Kier molecular flexibility index (Phi) is 6.85. The van der Waals surface area contributed by atoms with Crippen LogP contribution in [0.15, 0.2) is 0 Å². The highest BCUT2D eigenvalue weighted by Gasteiger charge is 2.24. The van der Waals surface area contributed by atoms with Crippen LogP contribution < -0.4 is 0 Å². The number of rotatable bonds is 8. The van der Waals surface area contributed by atoms with Gasteiger partial charge < -0.3 is 8.74 Å².